The summed E-state index contributed by atoms with van der Waals surface area (Å²) in [5.74, 6) is 3.31. The van der Waals surface area contributed by atoms with Gasteiger partial charge in [0.15, 0.2) is 0 Å². The van der Waals surface area contributed by atoms with E-state index in [1.807, 2.05) is 12.1 Å². The minimum Gasteiger partial charge on any atom is -0.508 e. The van der Waals surface area contributed by atoms with Gasteiger partial charge in [-0.25, -0.2) is 0 Å². The first-order chi connectivity index (χ1) is 10.0. The molecule has 1 unspecified atom stereocenters. The van der Waals surface area contributed by atoms with Crippen LogP contribution >= 0.6 is 0 Å². The highest BCUT2D eigenvalue weighted by molar-refractivity contribution is 5.87. The van der Waals surface area contributed by atoms with Crippen molar-refractivity contribution in [2.75, 3.05) is 0 Å². The molecule has 2 heteroatoms. The zero-order valence-corrected chi connectivity index (χ0v) is 12.9. The van der Waals surface area contributed by atoms with Gasteiger partial charge in [0.1, 0.15) is 11.5 Å². The summed E-state index contributed by atoms with van der Waals surface area (Å²) in [6.07, 6.45) is 5.11. The molecule has 1 N–H and O–H groups in total. The zero-order chi connectivity index (χ0) is 14.8. The van der Waals surface area contributed by atoms with Crippen molar-refractivity contribution in [1.82, 2.24) is 0 Å². The minimum absolute atomic E-state index is 0.0517. The summed E-state index contributed by atoms with van der Waals surface area (Å²) < 4.78 is 0. The lowest BCUT2D eigenvalue weighted by molar-refractivity contribution is -0.129. The van der Waals surface area contributed by atoms with Crippen LogP contribution in [0.25, 0.3) is 0 Å². The summed E-state index contributed by atoms with van der Waals surface area (Å²) in [7, 11) is 0. The number of carbonyl (C=O) groups is 1. The second-order valence-electron chi connectivity index (χ2n) is 7.77. The summed E-state index contributed by atoms with van der Waals surface area (Å²) in [6, 6.07) is 5.92. The number of fused-ring (bicyclic) bond motifs is 5. The van der Waals surface area contributed by atoms with Crippen LogP contribution in [0.2, 0.25) is 0 Å². The highest BCUT2D eigenvalue weighted by atomic mass is 16.3. The standard InChI is InChI=1S/C19H24O2/c1-11-9-12-10-13(20)3-4-14(12)15-7-8-19(2)16(18(11)15)5-6-17(19)21/h3-4,10-11,15-16,18,20H,5-9H2,1-2H3/t11-,15-,16?,18-,19+/m0/s1. The second kappa shape index (κ2) is 4.34. The normalized spacial score (nSPS) is 41.3. The van der Waals surface area contributed by atoms with Crippen LogP contribution < -0.4 is 0 Å². The monoisotopic (exact) mass is 284 g/mol. The molecule has 3 aliphatic rings. The fraction of sp³-hybridized carbons (Fsp3) is 0.632. The van der Waals surface area contributed by atoms with Crippen LogP contribution in [0.1, 0.15) is 56.6 Å². The average Bonchev–Trinajstić information content (AvgIpc) is 2.74. The topological polar surface area (TPSA) is 37.3 Å². The van der Waals surface area contributed by atoms with E-state index in [1.54, 1.807) is 0 Å². The molecule has 4 rings (SSSR count). The van der Waals surface area contributed by atoms with Crippen molar-refractivity contribution < 1.29 is 9.90 Å². The molecular formula is C19H24O2. The number of benzene rings is 1. The SMILES string of the molecule is C[C@H]1Cc2cc(O)ccc2[C@@H]2CC[C@@]3(C)C(=O)CCC3[C@@H]12. The highest BCUT2D eigenvalue weighted by Gasteiger charge is 2.56. The van der Waals surface area contributed by atoms with Crippen molar-refractivity contribution in [3.8, 4) is 5.75 Å². The summed E-state index contributed by atoms with van der Waals surface area (Å²) in [4.78, 5) is 12.4. The van der Waals surface area contributed by atoms with Crippen LogP contribution in [-0.2, 0) is 11.2 Å². The number of carbonyl (C=O) groups excluding carboxylic acids is 1. The first-order valence-electron chi connectivity index (χ1n) is 8.36. The van der Waals surface area contributed by atoms with E-state index >= 15 is 0 Å². The maximum Gasteiger partial charge on any atom is 0.139 e. The van der Waals surface area contributed by atoms with Crippen LogP contribution in [0.4, 0.5) is 0 Å². The van der Waals surface area contributed by atoms with E-state index in [2.05, 4.69) is 19.9 Å². The summed E-state index contributed by atoms with van der Waals surface area (Å²) in [5.41, 5.74) is 2.72. The predicted molar refractivity (Wildman–Crippen MR) is 82.3 cm³/mol. The lowest BCUT2D eigenvalue weighted by atomic mass is 9.53. The third kappa shape index (κ3) is 1.74. The Kier molecular flexibility index (Phi) is 2.76. The Morgan fingerprint density at radius 2 is 2.10 bits per heavy atom. The Hall–Kier alpha value is -1.31. The molecule has 0 bridgehead atoms. The van der Waals surface area contributed by atoms with Crippen molar-refractivity contribution in [1.29, 1.82) is 0 Å². The van der Waals surface area contributed by atoms with E-state index in [-0.39, 0.29) is 5.41 Å². The average molecular weight is 284 g/mol. The molecule has 5 atom stereocenters. The first-order valence-corrected chi connectivity index (χ1v) is 8.36. The molecule has 0 spiro atoms. The molecule has 0 radical (unpaired) electrons. The number of ketones is 1. The first kappa shape index (κ1) is 13.4. The van der Waals surface area contributed by atoms with E-state index < -0.39 is 0 Å². The van der Waals surface area contributed by atoms with Crippen molar-refractivity contribution >= 4 is 5.78 Å². The van der Waals surface area contributed by atoms with Crippen LogP contribution in [0.3, 0.4) is 0 Å². The molecule has 2 nitrogen and oxygen atoms in total. The number of Topliss-reactive ketones (excluding diaryl/α,β-unsaturated/α-hetero) is 1. The number of hydrogen-bond acceptors (Lipinski definition) is 2. The van der Waals surface area contributed by atoms with E-state index in [0.29, 0.717) is 35.2 Å². The van der Waals surface area contributed by atoms with Gasteiger partial charge < -0.3 is 5.11 Å². The molecule has 1 aromatic rings. The number of phenols is 1. The Balaban J connectivity index is 1.77. The van der Waals surface area contributed by atoms with Gasteiger partial charge in [-0.3, -0.25) is 4.79 Å². The molecule has 0 heterocycles. The van der Waals surface area contributed by atoms with Crippen molar-refractivity contribution in [3.63, 3.8) is 0 Å². The lowest BCUT2D eigenvalue weighted by Crippen LogP contribution is -2.45. The van der Waals surface area contributed by atoms with Crippen molar-refractivity contribution in [2.45, 2.75) is 51.9 Å². The minimum atomic E-state index is -0.0517. The molecule has 2 fully saturated rings. The van der Waals surface area contributed by atoms with Crippen molar-refractivity contribution in [2.24, 2.45) is 23.2 Å². The Morgan fingerprint density at radius 3 is 2.90 bits per heavy atom. The quantitative estimate of drug-likeness (QED) is 0.780. The van der Waals surface area contributed by atoms with Crippen LogP contribution in [-0.4, -0.2) is 10.9 Å². The van der Waals surface area contributed by atoms with Gasteiger partial charge >= 0.3 is 0 Å². The van der Waals surface area contributed by atoms with Gasteiger partial charge in [0, 0.05) is 11.8 Å². The Bertz CT molecular complexity index is 606. The number of aromatic hydroxyl groups is 1. The number of rotatable bonds is 0. The number of hydrogen-bond donors (Lipinski definition) is 1. The van der Waals surface area contributed by atoms with Crippen LogP contribution in [0.5, 0.6) is 5.75 Å². The highest BCUT2D eigenvalue weighted by Crippen LogP contribution is 2.60. The third-order valence-corrected chi connectivity index (χ3v) is 6.77. The van der Waals surface area contributed by atoms with E-state index in [0.717, 1.165) is 32.1 Å². The third-order valence-electron chi connectivity index (χ3n) is 6.77. The van der Waals surface area contributed by atoms with Crippen molar-refractivity contribution in [3.05, 3.63) is 29.3 Å². The van der Waals surface area contributed by atoms with E-state index in [9.17, 15) is 9.90 Å². The maximum absolute atomic E-state index is 12.4. The van der Waals surface area contributed by atoms with Gasteiger partial charge in [0.2, 0.25) is 0 Å². The molecule has 3 aliphatic carbocycles. The molecule has 0 amide bonds. The predicted octanol–water partition coefficient (Wildman–Crippen LogP) is 4.06. The van der Waals surface area contributed by atoms with Gasteiger partial charge in [-0.1, -0.05) is 19.9 Å². The van der Waals surface area contributed by atoms with Gasteiger partial charge in [0.05, 0.1) is 0 Å². The molecule has 0 saturated heterocycles. The lowest BCUT2D eigenvalue weighted by Gasteiger charge is -2.51. The number of phenolic OH excluding ortho intramolecular Hbond substituents is 1. The van der Waals surface area contributed by atoms with Gasteiger partial charge in [-0.15, -0.1) is 0 Å². The molecule has 0 aliphatic heterocycles. The van der Waals surface area contributed by atoms with E-state index in [4.69, 9.17) is 0 Å². The Labute approximate surface area is 126 Å². The molecule has 2 saturated carbocycles. The van der Waals surface area contributed by atoms with E-state index in [1.165, 1.54) is 11.1 Å². The summed E-state index contributed by atoms with van der Waals surface area (Å²) in [6.45, 7) is 4.57. The fourth-order valence-electron chi connectivity index (χ4n) is 5.74. The maximum atomic E-state index is 12.4. The Morgan fingerprint density at radius 1 is 1.29 bits per heavy atom. The molecule has 21 heavy (non-hydrogen) atoms. The fourth-order valence-corrected chi connectivity index (χ4v) is 5.74. The molecule has 1 aromatic carbocycles. The molecule has 112 valence electrons. The summed E-state index contributed by atoms with van der Waals surface area (Å²) in [5, 5.41) is 9.75. The molecular weight excluding hydrogens is 260 g/mol. The zero-order valence-electron chi connectivity index (χ0n) is 12.9. The second-order valence-corrected chi connectivity index (χ2v) is 7.77. The van der Waals surface area contributed by atoms with Gasteiger partial charge in [-0.05, 0) is 72.6 Å². The molecule has 0 aromatic heterocycles. The van der Waals surface area contributed by atoms with Gasteiger partial charge in [0.25, 0.3) is 0 Å². The van der Waals surface area contributed by atoms with Crippen LogP contribution in [0, 0.1) is 23.2 Å². The largest absolute Gasteiger partial charge is 0.508 e. The summed E-state index contributed by atoms with van der Waals surface area (Å²) >= 11 is 0. The smallest absolute Gasteiger partial charge is 0.139 e. The van der Waals surface area contributed by atoms with Gasteiger partial charge in [-0.2, -0.15) is 0 Å². The van der Waals surface area contributed by atoms with Crippen LogP contribution in [0.15, 0.2) is 18.2 Å².